The lowest BCUT2D eigenvalue weighted by Gasteiger charge is -2.35. The van der Waals surface area contributed by atoms with Crippen LogP contribution in [-0.2, 0) is 98.3 Å². The number of methoxy groups -OCH3 is 3. The summed E-state index contributed by atoms with van der Waals surface area (Å²) in [6.45, 7) is 5.92. The molecular formula is C57H70O15. The Balaban J connectivity index is 0.000000269. The molecule has 12 N–H and O–H groups in total. The van der Waals surface area contributed by atoms with Gasteiger partial charge in [-0.15, -0.1) is 0 Å². The summed E-state index contributed by atoms with van der Waals surface area (Å²) in [4.78, 5) is 0. The third-order valence-electron chi connectivity index (χ3n) is 13.5. The SMILES string of the molecule is CCc1cc(C(C)(c2cc(CC)c(O)c(COC)c2)c2cc(COC)c(O)c(COC)c2)cc(CC)c1O.OCc1cc(C(c2cc(CO)c(O)c(CO)c2)c2cc(CO)c(O)c(CO)c2)cc(CO)c1O. The van der Waals surface area contributed by atoms with Crippen LogP contribution < -0.4 is 0 Å². The van der Waals surface area contributed by atoms with Crippen molar-refractivity contribution in [3.8, 4) is 34.5 Å². The first-order chi connectivity index (χ1) is 34.5. The summed E-state index contributed by atoms with van der Waals surface area (Å²) >= 11 is 0. The van der Waals surface area contributed by atoms with E-state index >= 15 is 0 Å². The number of aromatic hydroxyl groups is 6. The Morgan fingerprint density at radius 2 is 0.528 bits per heavy atom. The molecule has 0 radical (unpaired) electrons. The maximum absolute atomic E-state index is 11.0. The third kappa shape index (κ3) is 11.7. The number of hydrogen-bond acceptors (Lipinski definition) is 15. The highest BCUT2D eigenvalue weighted by molar-refractivity contribution is 5.61. The lowest BCUT2D eigenvalue weighted by Crippen LogP contribution is -2.27. The monoisotopic (exact) mass is 994 g/mol. The van der Waals surface area contributed by atoms with E-state index in [-0.39, 0.29) is 81.9 Å². The van der Waals surface area contributed by atoms with Crippen LogP contribution in [0.3, 0.4) is 0 Å². The van der Waals surface area contributed by atoms with E-state index in [0.717, 1.165) is 33.4 Å². The fourth-order valence-corrected chi connectivity index (χ4v) is 9.41. The molecule has 0 saturated carbocycles. The fourth-order valence-electron chi connectivity index (χ4n) is 9.41. The van der Waals surface area contributed by atoms with Crippen LogP contribution >= 0.6 is 0 Å². The van der Waals surface area contributed by atoms with E-state index in [1.165, 1.54) is 36.4 Å². The number of phenols is 6. The average molecular weight is 995 g/mol. The molecule has 72 heavy (non-hydrogen) atoms. The van der Waals surface area contributed by atoms with Gasteiger partial charge in [-0.2, -0.15) is 0 Å². The van der Waals surface area contributed by atoms with Gasteiger partial charge in [0.1, 0.15) is 34.5 Å². The standard InChI is InChI=1S/C32H42O6.C25H28O9/c1-8-20-11-26(12-21(9-2)29(20)33)32(4,27-13-22(10-3)30(34)23(14-27)17-36-5)28-15-24(18-37-6)31(35)25(16-28)19-38-7;26-7-16-1-13(2-17(8-27)23(16)32)22(14-3-18(9-28)24(33)19(4-14)10-29)15-5-20(11-30)25(34)21(6-15)12-31/h11-16,33-35H,8-10,17-19H2,1-7H3;1-6,22,26-34H,7-12H2. The lowest BCUT2D eigenvalue weighted by molar-refractivity contribution is 0.174. The molecule has 6 aromatic carbocycles. The zero-order valence-electron chi connectivity index (χ0n) is 42.1. The van der Waals surface area contributed by atoms with Crippen LogP contribution in [0.15, 0.2) is 72.8 Å². The van der Waals surface area contributed by atoms with Gasteiger partial charge in [0.2, 0.25) is 0 Å². The summed E-state index contributed by atoms with van der Waals surface area (Å²) in [7, 11) is 4.83. The minimum absolute atomic E-state index is 0.152. The normalized spacial score (nSPS) is 12.2. The number of phenolic OH excluding ortho intramolecular Hbond substituents is 3. The second-order valence-electron chi connectivity index (χ2n) is 17.9. The summed E-state index contributed by atoms with van der Waals surface area (Å²) in [5.41, 5.74) is 9.24. The molecule has 0 bridgehead atoms. The second-order valence-corrected chi connectivity index (χ2v) is 17.9. The topological polar surface area (TPSA) is 270 Å². The van der Waals surface area contributed by atoms with Gasteiger partial charge in [-0.25, -0.2) is 0 Å². The van der Waals surface area contributed by atoms with Crippen molar-refractivity contribution in [2.75, 3.05) is 21.3 Å². The van der Waals surface area contributed by atoms with E-state index in [9.17, 15) is 61.3 Å². The van der Waals surface area contributed by atoms with Gasteiger partial charge in [-0.3, -0.25) is 0 Å². The van der Waals surface area contributed by atoms with Crippen molar-refractivity contribution < 1.29 is 75.5 Å². The largest absolute Gasteiger partial charge is 0.507 e. The Morgan fingerprint density at radius 3 is 0.736 bits per heavy atom. The second kappa shape index (κ2) is 25.4. The number of aryl methyl sites for hydroxylation is 3. The molecule has 0 aromatic heterocycles. The Morgan fingerprint density at radius 1 is 0.333 bits per heavy atom. The molecule has 0 spiro atoms. The third-order valence-corrected chi connectivity index (χ3v) is 13.5. The molecule has 15 nitrogen and oxygen atoms in total. The predicted molar refractivity (Wildman–Crippen MR) is 271 cm³/mol. The minimum Gasteiger partial charge on any atom is -0.507 e. The fraction of sp³-hybridized carbons (Fsp3) is 0.368. The first kappa shape index (κ1) is 56.7. The van der Waals surface area contributed by atoms with E-state index in [0.29, 0.717) is 58.4 Å². The van der Waals surface area contributed by atoms with Crippen molar-refractivity contribution in [3.63, 3.8) is 0 Å². The number of aliphatic hydroxyl groups is 6. The molecule has 1 unspecified atom stereocenters. The maximum Gasteiger partial charge on any atom is 0.126 e. The zero-order valence-corrected chi connectivity index (χ0v) is 42.1. The summed E-state index contributed by atoms with van der Waals surface area (Å²) in [6, 6.07) is 21.3. The smallest absolute Gasteiger partial charge is 0.126 e. The average Bonchev–Trinajstić information content (AvgIpc) is 3.39. The highest BCUT2D eigenvalue weighted by atomic mass is 16.5. The van der Waals surface area contributed by atoms with E-state index in [4.69, 9.17) is 14.2 Å². The molecule has 6 rings (SSSR count). The Labute approximate surface area is 420 Å². The molecule has 0 aliphatic heterocycles. The first-order valence-corrected chi connectivity index (χ1v) is 23.7. The predicted octanol–water partition coefficient (Wildman–Crippen LogP) is 7.22. The van der Waals surface area contributed by atoms with Crippen molar-refractivity contribution in [2.24, 2.45) is 0 Å². The van der Waals surface area contributed by atoms with Crippen molar-refractivity contribution in [1.29, 1.82) is 0 Å². The van der Waals surface area contributed by atoms with Gasteiger partial charge < -0.3 is 75.5 Å². The highest BCUT2D eigenvalue weighted by Crippen LogP contribution is 2.46. The molecule has 0 aliphatic rings. The van der Waals surface area contributed by atoms with Crippen molar-refractivity contribution in [3.05, 3.63) is 173 Å². The van der Waals surface area contributed by atoms with Gasteiger partial charge in [-0.05, 0) is 131 Å². The highest BCUT2D eigenvalue weighted by Gasteiger charge is 2.35. The number of rotatable bonds is 21. The number of aliphatic hydroxyl groups excluding tert-OH is 6. The van der Waals surface area contributed by atoms with Crippen LogP contribution in [0.2, 0.25) is 0 Å². The Bertz CT molecular complexity index is 2550. The molecule has 388 valence electrons. The van der Waals surface area contributed by atoms with Crippen LogP contribution in [0.4, 0.5) is 0 Å². The summed E-state index contributed by atoms with van der Waals surface area (Å²) in [6.07, 6.45) is 2.03. The van der Waals surface area contributed by atoms with Gasteiger partial charge in [0.05, 0.1) is 59.5 Å². The molecule has 15 heteroatoms. The summed E-state index contributed by atoms with van der Waals surface area (Å²) in [5.74, 6) is -0.764. The van der Waals surface area contributed by atoms with Crippen molar-refractivity contribution in [2.45, 2.75) is 118 Å². The molecule has 6 aromatic rings. The molecule has 0 heterocycles. The van der Waals surface area contributed by atoms with E-state index in [1.807, 2.05) is 39.0 Å². The van der Waals surface area contributed by atoms with E-state index < -0.39 is 51.0 Å². The van der Waals surface area contributed by atoms with E-state index in [2.05, 4.69) is 25.1 Å². The minimum atomic E-state index is -0.733. The number of benzene rings is 6. The Hall–Kier alpha value is -6.24. The van der Waals surface area contributed by atoms with Crippen LogP contribution in [0, 0.1) is 0 Å². The summed E-state index contributed by atoms with van der Waals surface area (Å²) < 4.78 is 16.3. The number of ether oxygens (including phenoxy) is 3. The van der Waals surface area contributed by atoms with Crippen LogP contribution in [0.25, 0.3) is 0 Å². The lowest BCUT2D eigenvalue weighted by atomic mass is 9.68. The van der Waals surface area contributed by atoms with Gasteiger partial charge in [0, 0.05) is 82.7 Å². The van der Waals surface area contributed by atoms with Crippen LogP contribution in [-0.4, -0.2) is 82.6 Å². The molecule has 0 aliphatic carbocycles. The molecule has 0 fully saturated rings. The van der Waals surface area contributed by atoms with Crippen LogP contribution in [0.1, 0.15) is 134 Å². The summed E-state index contributed by atoms with van der Waals surface area (Å²) in [5, 5.41) is 122. The van der Waals surface area contributed by atoms with Gasteiger partial charge in [-0.1, -0.05) is 39.0 Å². The van der Waals surface area contributed by atoms with Crippen molar-refractivity contribution >= 4 is 0 Å². The molecule has 0 amide bonds. The molecular weight excluding hydrogens is 925 g/mol. The van der Waals surface area contributed by atoms with E-state index in [1.54, 1.807) is 21.3 Å². The van der Waals surface area contributed by atoms with Gasteiger partial charge in [0.15, 0.2) is 0 Å². The molecule has 0 saturated heterocycles. The number of hydrogen-bond donors (Lipinski definition) is 12. The van der Waals surface area contributed by atoms with Crippen molar-refractivity contribution in [1.82, 2.24) is 0 Å². The van der Waals surface area contributed by atoms with Crippen LogP contribution in [0.5, 0.6) is 34.5 Å². The Kier molecular flexibility index (Phi) is 20.0. The van der Waals surface area contributed by atoms with Gasteiger partial charge in [0.25, 0.3) is 0 Å². The first-order valence-electron chi connectivity index (χ1n) is 23.7. The zero-order chi connectivity index (χ0) is 53.0. The molecule has 1 atom stereocenters. The maximum atomic E-state index is 11.0. The quantitative estimate of drug-likeness (QED) is 0.0318. The van der Waals surface area contributed by atoms with Gasteiger partial charge >= 0.3 is 0 Å².